The number of aliphatic hydroxyl groups is 1. The van der Waals surface area contributed by atoms with Gasteiger partial charge in [0.1, 0.15) is 11.9 Å². The van der Waals surface area contributed by atoms with Gasteiger partial charge < -0.3 is 14.6 Å². The van der Waals surface area contributed by atoms with Gasteiger partial charge >= 0.3 is 5.97 Å². The van der Waals surface area contributed by atoms with Crippen molar-refractivity contribution < 1.29 is 19.4 Å². The minimum atomic E-state index is -1.28. The van der Waals surface area contributed by atoms with Crippen LogP contribution in [0.5, 0.6) is 5.75 Å². The van der Waals surface area contributed by atoms with Crippen LogP contribution < -0.4 is 4.74 Å². The Balaban J connectivity index is 2.12. The summed E-state index contributed by atoms with van der Waals surface area (Å²) in [6.07, 6.45) is -1.11. The summed E-state index contributed by atoms with van der Waals surface area (Å²) in [6, 6.07) is 7.03. The van der Waals surface area contributed by atoms with Crippen molar-refractivity contribution in [1.82, 2.24) is 0 Å². The Kier molecular flexibility index (Phi) is 4.49. The molecule has 0 radical (unpaired) electrons. The number of thioether (sulfide) groups is 1. The van der Waals surface area contributed by atoms with Crippen LogP contribution in [0.15, 0.2) is 24.3 Å². The van der Waals surface area contributed by atoms with E-state index in [1.807, 2.05) is 17.8 Å². The molecule has 1 unspecified atom stereocenters. The first kappa shape index (κ1) is 13.2. The summed E-state index contributed by atoms with van der Waals surface area (Å²) in [5.74, 6) is 1.81. The third-order valence-electron chi connectivity index (χ3n) is 2.62. The molecule has 1 heterocycles. The van der Waals surface area contributed by atoms with E-state index in [2.05, 4.69) is 0 Å². The van der Waals surface area contributed by atoms with Crippen molar-refractivity contribution in [3.8, 4) is 5.75 Å². The van der Waals surface area contributed by atoms with Gasteiger partial charge in [-0.3, -0.25) is 0 Å². The maximum absolute atomic E-state index is 11.5. The predicted octanol–water partition coefficient (Wildman–Crippen LogP) is 1.78. The number of carbonyl (C=O) groups excluding carboxylic acids is 1. The molecule has 1 aliphatic rings. The second kappa shape index (κ2) is 6.11. The molecule has 1 fully saturated rings. The average Bonchev–Trinajstić information content (AvgIpc) is 2.34. The monoisotopic (exact) mass is 268 g/mol. The van der Waals surface area contributed by atoms with Gasteiger partial charge in [0, 0.05) is 17.1 Å². The van der Waals surface area contributed by atoms with E-state index in [0.717, 1.165) is 11.5 Å². The highest BCUT2D eigenvalue weighted by molar-refractivity contribution is 8.00. The molecule has 2 rings (SSSR count). The largest absolute Gasteiger partial charge is 0.488 e. The van der Waals surface area contributed by atoms with Gasteiger partial charge in [0.2, 0.25) is 0 Å². The number of esters is 1. The van der Waals surface area contributed by atoms with Crippen LogP contribution in [-0.2, 0) is 9.53 Å². The van der Waals surface area contributed by atoms with Crippen LogP contribution in [0.25, 0.3) is 0 Å². The zero-order valence-electron chi connectivity index (χ0n) is 10.2. The summed E-state index contributed by atoms with van der Waals surface area (Å²) in [4.78, 5) is 11.5. The van der Waals surface area contributed by atoms with E-state index < -0.39 is 12.1 Å². The normalized spacial score (nSPS) is 16.8. The molecule has 1 atom stereocenters. The summed E-state index contributed by atoms with van der Waals surface area (Å²) in [5.41, 5.74) is 0.466. The van der Waals surface area contributed by atoms with E-state index in [9.17, 15) is 9.90 Å². The molecule has 0 saturated carbocycles. The van der Waals surface area contributed by atoms with Gasteiger partial charge in [-0.05, 0) is 13.0 Å². The third kappa shape index (κ3) is 2.97. The molecule has 1 N–H and O–H groups in total. The van der Waals surface area contributed by atoms with Gasteiger partial charge in [-0.2, -0.15) is 11.8 Å². The maximum atomic E-state index is 11.5. The molecule has 4 nitrogen and oxygen atoms in total. The molecule has 0 bridgehead atoms. The Morgan fingerprint density at radius 1 is 1.50 bits per heavy atom. The van der Waals surface area contributed by atoms with E-state index in [-0.39, 0.29) is 12.7 Å². The van der Waals surface area contributed by atoms with Gasteiger partial charge in [0.15, 0.2) is 6.10 Å². The predicted molar refractivity (Wildman–Crippen MR) is 69.8 cm³/mol. The minimum Gasteiger partial charge on any atom is -0.488 e. The average molecular weight is 268 g/mol. The first-order valence-electron chi connectivity index (χ1n) is 5.90. The smallest absolute Gasteiger partial charge is 0.339 e. The van der Waals surface area contributed by atoms with Crippen LogP contribution in [0, 0.1) is 0 Å². The lowest BCUT2D eigenvalue weighted by atomic mass is 10.1. The van der Waals surface area contributed by atoms with Crippen LogP contribution in [0.3, 0.4) is 0 Å². The summed E-state index contributed by atoms with van der Waals surface area (Å²) < 4.78 is 10.6. The molecule has 1 aromatic carbocycles. The van der Waals surface area contributed by atoms with Crippen LogP contribution in [-0.4, -0.2) is 35.3 Å². The number of rotatable bonds is 5. The van der Waals surface area contributed by atoms with E-state index >= 15 is 0 Å². The van der Waals surface area contributed by atoms with E-state index in [1.54, 1.807) is 25.1 Å². The quantitative estimate of drug-likeness (QED) is 0.825. The van der Waals surface area contributed by atoms with Crippen molar-refractivity contribution in [3.05, 3.63) is 29.8 Å². The van der Waals surface area contributed by atoms with Crippen molar-refractivity contribution in [2.75, 3.05) is 18.1 Å². The van der Waals surface area contributed by atoms with Crippen molar-refractivity contribution in [1.29, 1.82) is 0 Å². The molecular formula is C13H16O4S. The van der Waals surface area contributed by atoms with Gasteiger partial charge in [-0.1, -0.05) is 18.2 Å². The number of benzene rings is 1. The molecule has 0 amide bonds. The Morgan fingerprint density at radius 2 is 2.22 bits per heavy atom. The number of ether oxygens (including phenoxy) is 2. The van der Waals surface area contributed by atoms with Crippen molar-refractivity contribution in [3.63, 3.8) is 0 Å². The Bertz CT molecular complexity index is 417. The lowest BCUT2D eigenvalue weighted by Crippen LogP contribution is -2.31. The van der Waals surface area contributed by atoms with Crippen LogP contribution >= 0.6 is 11.8 Å². The van der Waals surface area contributed by atoms with Crippen LogP contribution in [0.1, 0.15) is 18.6 Å². The molecule has 0 aliphatic carbocycles. The van der Waals surface area contributed by atoms with E-state index in [4.69, 9.17) is 9.47 Å². The van der Waals surface area contributed by atoms with Gasteiger partial charge in [-0.15, -0.1) is 0 Å². The second-order valence-corrected chi connectivity index (χ2v) is 5.04. The summed E-state index contributed by atoms with van der Waals surface area (Å²) in [6.45, 7) is 1.96. The van der Waals surface area contributed by atoms with Crippen molar-refractivity contribution in [2.24, 2.45) is 0 Å². The molecule has 18 heavy (non-hydrogen) atoms. The molecule has 1 aromatic rings. The fourth-order valence-corrected chi connectivity index (χ4v) is 2.19. The summed E-state index contributed by atoms with van der Waals surface area (Å²) >= 11 is 1.81. The lowest BCUT2D eigenvalue weighted by molar-refractivity contribution is -0.153. The zero-order chi connectivity index (χ0) is 13.0. The van der Waals surface area contributed by atoms with Gasteiger partial charge in [-0.25, -0.2) is 4.79 Å². The SMILES string of the molecule is CCOC(=O)C(O)c1ccccc1OC1CSC1. The molecule has 98 valence electrons. The highest BCUT2D eigenvalue weighted by Gasteiger charge is 2.25. The molecule has 5 heteroatoms. The van der Waals surface area contributed by atoms with Gasteiger partial charge in [0.05, 0.1) is 6.61 Å². The third-order valence-corrected chi connectivity index (χ3v) is 3.84. The lowest BCUT2D eigenvalue weighted by Gasteiger charge is -2.27. The summed E-state index contributed by atoms with van der Waals surface area (Å²) in [5, 5.41) is 9.94. The molecule has 1 saturated heterocycles. The van der Waals surface area contributed by atoms with Gasteiger partial charge in [0.25, 0.3) is 0 Å². The number of para-hydroxylation sites is 1. The van der Waals surface area contributed by atoms with Crippen LogP contribution in [0.4, 0.5) is 0 Å². The minimum absolute atomic E-state index is 0.172. The van der Waals surface area contributed by atoms with Crippen molar-refractivity contribution >= 4 is 17.7 Å². The topological polar surface area (TPSA) is 55.8 Å². The highest BCUT2D eigenvalue weighted by Crippen LogP contribution is 2.30. The Morgan fingerprint density at radius 3 is 2.83 bits per heavy atom. The molecule has 1 aliphatic heterocycles. The first-order chi connectivity index (χ1) is 8.72. The highest BCUT2D eigenvalue weighted by atomic mass is 32.2. The number of aliphatic hydroxyl groups excluding tert-OH is 1. The molecule has 0 spiro atoms. The maximum Gasteiger partial charge on any atom is 0.339 e. The zero-order valence-corrected chi connectivity index (χ0v) is 11.0. The molecular weight excluding hydrogens is 252 g/mol. The number of carbonyl (C=O) groups is 1. The Labute approximate surface area is 110 Å². The Hall–Kier alpha value is -1.20. The van der Waals surface area contributed by atoms with Crippen molar-refractivity contribution in [2.45, 2.75) is 19.1 Å². The fourth-order valence-electron chi connectivity index (χ4n) is 1.62. The van der Waals surface area contributed by atoms with E-state index in [1.165, 1.54) is 0 Å². The fraction of sp³-hybridized carbons (Fsp3) is 0.462. The first-order valence-corrected chi connectivity index (χ1v) is 7.06. The second-order valence-electron chi connectivity index (χ2n) is 3.97. The number of hydrogen-bond donors (Lipinski definition) is 1. The standard InChI is InChI=1S/C13H16O4S/c1-2-16-13(15)12(14)10-5-3-4-6-11(10)17-9-7-18-8-9/h3-6,9,12,14H,2,7-8H2,1H3. The van der Waals surface area contributed by atoms with Crippen LogP contribution in [0.2, 0.25) is 0 Å². The van der Waals surface area contributed by atoms with E-state index in [0.29, 0.717) is 11.3 Å². The number of hydrogen-bond acceptors (Lipinski definition) is 5. The summed E-state index contributed by atoms with van der Waals surface area (Å²) in [7, 11) is 0. The molecule has 0 aromatic heterocycles.